The molecular weight excluding hydrogens is 244 g/mol. The van der Waals surface area contributed by atoms with Crippen LogP contribution in [-0.4, -0.2) is 61.0 Å². The first kappa shape index (κ1) is 16.0. The van der Waals surface area contributed by atoms with Crippen LogP contribution in [0.3, 0.4) is 0 Å². The van der Waals surface area contributed by atoms with E-state index in [-0.39, 0.29) is 24.5 Å². The number of likely N-dealkylation sites (N-methyl/N-ethyl adjacent to an activating group) is 1. The van der Waals surface area contributed by atoms with Gasteiger partial charge in [-0.1, -0.05) is 12.8 Å². The summed E-state index contributed by atoms with van der Waals surface area (Å²) in [5.41, 5.74) is 0. The summed E-state index contributed by atoms with van der Waals surface area (Å²) in [5.74, 6) is -0.158. The van der Waals surface area contributed by atoms with E-state index in [4.69, 9.17) is 4.74 Å². The third-order valence-corrected chi connectivity index (χ3v) is 3.62. The second kappa shape index (κ2) is 8.15. The highest BCUT2D eigenvalue weighted by atomic mass is 16.5. The van der Waals surface area contributed by atoms with Crippen LogP contribution in [0.25, 0.3) is 0 Å². The molecule has 0 bridgehead atoms. The standard InChI is InChI=1S/C14H26N2O3/c1-4-19-13(17)11-15(3)12(2)14(18)16-9-7-5-6-8-10-16/h12H,4-11H2,1-3H3. The van der Waals surface area contributed by atoms with Crippen molar-refractivity contribution in [3.05, 3.63) is 0 Å². The van der Waals surface area contributed by atoms with Gasteiger partial charge in [-0.05, 0) is 33.7 Å². The first-order valence-electron chi connectivity index (χ1n) is 7.21. The maximum absolute atomic E-state index is 12.4. The van der Waals surface area contributed by atoms with Crippen molar-refractivity contribution >= 4 is 11.9 Å². The lowest BCUT2D eigenvalue weighted by molar-refractivity contribution is -0.146. The number of ether oxygens (including phenoxy) is 1. The number of amides is 1. The predicted octanol–water partition coefficient (Wildman–Crippen LogP) is 1.27. The molecule has 0 aromatic rings. The maximum atomic E-state index is 12.4. The molecule has 1 atom stereocenters. The Hall–Kier alpha value is -1.10. The molecule has 5 nitrogen and oxygen atoms in total. The monoisotopic (exact) mass is 270 g/mol. The molecule has 19 heavy (non-hydrogen) atoms. The molecule has 0 aromatic carbocycles. The zero-order valence-electron chi connectivity index (χ0n) is 12.4. The van der Waals surface area contributed by atoms with Crippen LogP contribution in [0.15, 0.2) is 0 Å². The van der Waals surface area contributed by atoms with Gasteiger partial charge in [0.05, 0.1) is 19.2 Å². The van der Waals surface area contributed by atoms with Gasteiger partial charge in [0.15, 0.2) is 0 Å². The molecule has 0 saturated carbocycles. The Labute approximate surface area is 115 Å². The molecule has 1 aliphatic rings. The topological polar surface area (TPSA) is 49.9 Å². The summed E-state index contributed by atoms with van der Waals surface area (Å²) in [6, 6.07) is -0.275. The molecule has 0 aromatic heterocycles. The van der Waals surface area contributed by atoms with Crippen molar-refractivity contribution in [2.45, 2.75) is 45.6 Å². The lowest BCUT2D eigenvalue weighted by Crippen LogP contribution is -2.47. The first-order chi connectivity index (χ1) is 9.06. The van der Waals surface area contributed by atoms with Crippen LogP contribution in [0.1, 0.15) is 39.5 Å². The summed E-state index contributed by atoms with van der Waals surface area (Å²) in [5, 5.41) is 0. The average Bonchev–Trinajstić information content (AvgIpc) is 2.66. The summed E-state index contributed by atoms with van der Waals surface area (Å²) >= 11 is 0. The summed E-state index contributed by atoms with van der Waals surface area (Å²) < 4.78 is 4.90. The van der Waals surface area contributed by atoms with Crippen molar-refractivity contribution in [3.8, 4) is 0 Å². The van der Waals surface area contributed by atoms with Crippen LogP contribution in [0.4, 0.5) is 0 Å². The van der Waals surface area contributed by atoms with Gasteiger partial charge in [-0.15, -0.1) is 0 Å². The molecule has 110 valence electrons. The molecule has 1 fully saturated rings. The molecule has 1 heterocycles. The Morgan fingerprint density at radius 2 is 1.79 bits per heavy atom. The van der Waals surface area contributed by atoms with Crippen molar-refractivity contribution in [2.75, 3.05) is 33.3 Å². The SMILES string of the molecule is CCOC(=O)CN(C)C(C)C(=O)N1CCCCCC1. The number of carbonyl (C=O) groups is 2. The lowest BCUT2D eigenvalue weighted by atomic mass is 10.2. The van der Waals surface area contributed by atoms with Crippen molar-refractivity contribution in [1.82, 2.24) is 9.80 Å². The molecular formula is C14H26N2O3. The molecule has 1 aliphatic heterocycles. The van der Waals surface area contributed by atoms with E-state index < -0.39 is 0 Å². The van der Waals surface area contributed by atoms with E-state index in [1.54, 1.807) is 18.9 Å². The molecule has 1 rings (SSSR count). The van der Waals surface area contributed by atoms with Crippen molar-refractivity contribution < 1.29 is 14.3 Å². The zero-order valence-corrected chi connectivity index (χ0v) is 12.4. The fraction of sp³-hybridized carbons (Fsp3) is 0.857. The summed E-state index contributed by atoms with van der Waals surface area (Å²) in [7, 11) is 1.79. The summed E-state index contributed by atoms with van der Waals surface area (Å²) in [4.78, 5) is 27.5. The van der Waals surface area contributed by atoms with Crippen molar-refractivity contribution in [3.63, 3.8) is 0 Å². The van der Waals surface area contributed by atoms with Gasteiger partial charge in [0, 0.05) is 13.1 Å². The number of likely N-dealkylation sites (tertiary alicyclic amines) is 1. The van der Waals surface area contributed by atoms with Crippen molar-refractivity contribution in [2.24, 2.45) is 0 Å². The van der Waals surface area contributed by atoms with Gasteiger partial charge in [-0.2, -0.15) is 0 Å². The van der Waals surface area contributed by atoms with E-state index in [1.165, 1.54) is 12.8 Å². The second-order valence-corrected chi connectivity index (χ2v) is 5.14. The fourth-order valence-electron chi connectivity index (χ4n) is 2.29. The Balaban J connectivity index is 2.47. The van der Waals surface area contributed by atoms with Crippen LogP contribution in [0, 0.1) is 0 Å². The van der Waals surface area contributed by atoms with Gasteiger partial charge in [0.1, 0.15) is 0 Å². The van der Waals surface area contributed by atoms with E-state index in [0.29, 0.717) is 6.61 Å². The Morgan fingerprint density at radius 1 is 1.21 bits per heavy atom. The third kappa shape index (κ3) is 5.19. The van der Waals surface area contributed by atoms with Gasteiger partial charge < -0.3 is 9.64 Å². The van der Waals surface area contributed by atoms with Gasteiger partial charge in [-0.25, -0.2) is 0 Å². The number of nitrogens with zero attached hydrogens (tertiary/aromatic N) is 2. The molecule has 0 aliphatic carbocycles. The number of hydrogen-bond acceptors (Lipinski definition) is 4. The van der Waals surface area contributed by atoms with E-state index in [0.717, 1.165) is 25.9 Å². The smallest absolute Gasteiger partial charge is 0.320 e. The molecule has 0 N–H and O–H groups in total. The highest BCUT2D eigenvalue weighted by Gasteiger charge is 2.25. The van der Waals surface area contributed by atoms with Crippen LogP contribution in [0.2, 0.25) is 0 Å². The number of esters is 1. The number of rotatable bonds is 5. The predicted molar refractivity (Wildman–Crippen MR) is 73.8 cm³/mol. The van der Waals surface area contributed by atoms with Crippen LogP contribution in [0.5, 0.6) is 0 Å². The van der Waals surface area contributed by atoms with E-state index in [9.17, 15) is 9.59 Å². The molecule has 1 amide bonds. The number of carbonyl (C=O) groups excluding carboxylic acids is 2. The lowest BCUT2D eigenvalue weighted by Gasteiger charge is -2.29. The highest BCUT2D eigenvalue weighted by molar-refractivity contribution is 5.82. The minimum absolute atomic E-state index is 0.119. The van der Waals surface area contributed by atoms with Gasteiger partial charge in [-0.3, -0.25) is 14.5 Å². The minimum atomic E-state index is -0.277. The molecule has 0 radical (unpaired) electrons. The second-order valence-electron chi connectivity index (χ2n) is 5.14. The van der Waals surface area contributed by atoms with Gasteiger partial charge in [0.2, 0.25) is 5.91 Å². The third-order valence-electron chi connectivity index (χ3n) is 3.62. The van der Waals surface area contributed by atoms with E-state index in [2.05, 4.69) is 0 Å². The highest BCUT2D eigenvalue weighted by Crippen LogP contribution is 2.12. The number of hydrogen-bond donors (Lipinski definition) is 0. The summed E-state index contributed by atoms with van der Waals surface area (Å²) in [6.07, 6.45) is 4.58. The Bertz CT molecular complexity index is 299. The quantitative estimate of drug-likeness (QED) is 0.706. The van der Waals surface area contributed by atoms with Crippen molar-refractivity contribution in [1.29, 1.82) is 0 Å². The normalized spacial score (nSPS) is 18.0. The van der Waals surface area contributed by atoms with E-state index >= 15 is 0 Å². The van der Waals surface area contributed by atoms with E-state index in [1.807, 2.05) is 11.8 Å². The molecule has 1 unspecified atom stereocenters. The largest absolute Gasteiger partial charge is 0.465 e. The van der Waals surface area contributed by atoms with Crippen LogP contribution >= 0.6 is 0 Å². The minimum Gasteiger partial charge on any atom is -0.465 e. The zero-order chi connectivity index (χ0) is 14.3. The average molecular weight is 270 g/mol. The van der Waals surface area contributed by atoms with Gasteiger partial charge in [0.25, 0.3) is 0 Å². The van der Waals surface area contributed by atoms with Gasteiger partial charge >= 0.3 is 5.97 Å². The molecule has 0 spiro atoms. The first-order valence-corrected chi connectivity index (χ1v) is 7.21. The molecule has 1 saturated heterocycles. The fourth-order valence-corrected chi connectivity index (χ4v) is 2.29. The van der Waals surface area contributed by atoms with Crippen LogP contribution in [-0.2, 0) is 14.3 Å². The Kier molecular flexibility index (Phi) is 6.84. The Morgan fingerprint density at radius 3 is 2.32 bits per heavy atom. The molecule has 5 heteroatoms. The maximum Gasteiger partial charge on any atom is 0.320 e. The summed E-state index contributed by atoms with van der Waals surface area (Å²) in [6.45, 7) is 5.86. The van der Waals surface area contributed by atoms with Crippen LogP contribution < -0.4 is 0 Å².